The summed E-state index contributed by atoms with van der Waals surface area (Å²) in [4.78, 5) is 2.35. The molecule has 0 aliphatic carbocycles. The molecule has 108 valence electrons. The molecular weight excluding hydrogens is 310 g/mol. The van der Waals surface area contributed by atoms with Gasteiger partial charge in [-0.15, -0.1) is 6.42 Å². The Labute approximate surface area is 122 Å². The number of rotatable bonds is 2. The molecule has 9 heteroatoms. The van der Waals surface area contributed by atoms with Crippen molar-refractivity contribution in [3.8, 4) is 12.3 Å². The van der Waals surface area contributed by atoms with Gasteiger partial charge in [0.2, 0.25) is 5.67 Å². The lowest BCUT2D eigenvalue weighted by atomic mass is 9.97. The van der Waals surface area contributed by atoms with Gasteiger partial charge in [-0.25, -0.2) is 8.78 Å². The number of hydrogen-bond acceptors (Lipinski definition) is 5. The van der Waals surface area contributed by atoms with Gasteiger partial charge in [-0.1, -0.05) is 18.1 Å². The summed E-state index contributed by atoms with van der Waals surface area (Å²) >= 11 is 9.57. The van der Waals surface area contributed by atoms with E-state index in [4.69, 9.17) is 28.5 Å². The molecule has 1 aromatic rings. The van der Waals surface area contributed by atoms with Crippen LogP contribution in [0.4, 0.5) is 8.78 Å². The summed E-state index contributed by atoms with van der Waals surface area (Å²) in [7, 11) is 0. The summed E-state index contributed by atoms with van der Waals surface area (Å²) in [6.07, 6.45) is 1.36. The minimum Gasteiger partial charge on any atom is -0.394 e. The van der Waals surface area contributed by atoms with E-state index in [-0.39, 0.29) is 9.41 Å². The highest BCUT2D eigenvalue weighted by Gasteiger charge is 2.57. The number of nitrogens with zero attached hydrogens (tertiary/aromatic N) is 1. The zero-order valence-corrected chi connectivity index (χ0v) is 11.5. The molecule has 1 unspecified atom stereocenters. The normalized spacial score (nSPS) is 33.0. The minimum absolute atomic E-state index is 0.121. The molecule has 20 heavy (non-hydrogen) atoms. The third kappa shape index (κ3) is 2.19. The maximum atomic E-state index is 14.7. The second-order valence-corrected chi connectivity index (χ2v) is 5.01. The van der Waals surface area contributed by atoms with Crippen molar-refractivity contribution in [1.82, 2.24) is 9.55 Å². The summed E-state index contributed by atoms with van der Waals surface area (Å²) in [5.74, 6) is 0.933. The monoisotopic (exact) mass is 320 g/mol. The van der Waals surface area contributed by atoms with E-state index >= 15 is 0 Å². The standard InChI is InChI=1S/C11H10F2N2O3S2/c1-2-11(13)7(17)6(4-16)18-9(11)15-3-5(12)8(19)14-10(15)20/h1,3,6-7,9,16-17H,4H2,(H,14,19,20)/t6-,7?,9-,11-/m1/s1. The molecule has 4 atom stereocenters. The summed E-state index contributed by atoms with van der Waals surface area (Å²) in [5, 5.41) is 18.8. The molecular formula is C11H10F2N2O3S2. The van der Waals surface area contributed by atoms with E-state index in [9.17, 15) is 13.9 Å². The largest absolute Gasteiger partial charge is 0.394 e. The fourth-order valence-electron chi connectivity index (χ4n) is 1.96. The molecule has 2 heterocycles. The molecule has 2 rings (SSSR count). The average Bonchev–Trinajstić information content (AvgIpc) is 2.67. The predicted octanol–water partition coefficient (Wildman–Crippen LogP) is 1.01. The van der Waals surface area contributed by atoms with Crippen LogP contribution < -0.4 is 0 Å². The Hall–Kier alpha value is -1.18. The molecule has 5 nitrogen and oxygen atoms in total. The van der Waals surface area contributed by atoms with Gasteiger partial charge in [-0.2, -0.15) is 0 Å². The quantitative estimate of drug-likeness (QED) is 0.560. The van der Waals surface area contributed by atoms with Gasteiger partial charge >= 0.3 is 0 Å². The Balaban J connectivity index is 2.58. The van der Waals surface area contributed by atoms with Crippen molar-refractivity contribution >= 4 is 24.4 Å². The summed E-state index contributed by atoms with van der Waals surface area (Å²) in [5.41, 5.74) is -2.66. The van der Waals surface area contributed by atoms with Gasteiger partial charge in [0.1, 0.15) is 16.8 Å². The number of aliphatic hydroxyl groups excluding tert-OH is 2. The van der Waals surface area contributed by atoms with Crippen LogP contribution in [0.1, 0.15) is 6.23 Å². The van der Waals surface area contributed by atoms with Gasteiger partial charge in [0.15, 0.2) is 16.8 Å². The van der Waals surface area contributed by atoms with Gasteiger partial charge in [0.05, 0.1) is 6.61 Å². The summed E-state index contributed by atoms with van der Waals surface area (Å²) in [6.45, 7) is -0.649. The van der Waals surface area contributed by atoms with Crippen molar-refractivity contribution in [2.45, 2.75) is 24.1 Å². The van der Waals surface area contributed by atoms with Crippen LogP contribution in [0.25, 0.3) is 0 Å². The Morgan fingerprint density at radius 1 is 1.60 bits per heavy atom. The van der Waals surface area contributed by atoms with Crippen molar-refractivity contribution in [1.29, 1.82) is 0 Å². The van der Waals surface area contributed by atoms with Gasteiger partial charge in [-0.3, -0.25) is 4.57 Å². The fourth-order valence-corrected chi connectivity index (χ4v) is 2.42. The molecule has 0 radical (unpaired) electrons. The van der Waals surface area contributed by atoms with Crippen LogP contribution >= 0.6 is 24.4 Å². The lowest BCUT2D eigenvalue weighted by molar-refractivity contribution is -0.0537. The number of aromatic amines is 1. The number of alkyl halides is 1. The lowest BCUT2D eigenvalue weighted by Crippen LogP contribution is -2.42. The van der Waals surface area contributed by atoms with Crippen LogP contribution in [0, 0.1) is 27.6 Å². The predicted molar refractivity (Wildman–Crippen MR) is 70.1 cm³/mol. The van der Waals surface area contributed by atoms with Crippen LogP contribution in [0.2, 0.25) is 0 Å². The van der Waals surface area contributed by atoms with Gasteiger partial charge < -0.3 is 19.9 Å². The Kier molecular flexibility index (Phi) is 4.04. The van der Waals surface area contributed by atoms with Crippen molar-refractivity contribution in [2.24, 2.45) is 0 Å². The first-order chi connectivity index (χ1) is 9.35. The van der Waals surface area contributed by atoms with Crippen LogP contribution in [0.5, 0.6) is 0 Å². The van der Waals surface area contributed by atoms with Crippen LogP contribution in [0.3, 0.4) is 0 Å². The molecule has 3 N–H and O–H groups in total. The van der Waals surface area contributed by atoms with Gasteiger partial charge in [0, 0.05) is 6.20 Å². The highest BCUT2D eigenvalue weighted by atomic mass is 32.1. The Bertz CT molecular complexity index is 683. The van der Waals surface area contributed by atoms with Crippen molar-refractivity contribution in [3.05, 3.63) is 21.4 Å². The van der Waals surface area contributed by atoms with Crippen molar-refractivity contribution < 1.29 is 23.7 Å². The highest BCUT2D eigenvalue weighted by molar-refractivity contribution is 7.72. The molecule has 0 amide bonds. The fraction of sp³-hybridized carbons (Fsp3) is 0.455. The topological polar surface area (TPSA) is 70.4 Å². The second kappa shape index (κ2) is 5.31. The number of ether oxygens (including phenoxy) is 1. The summed E-state index contributed by atoms with van der Waals surface area (Å²) < 4.78 is 33.9. The second-order valence-electron chi connectivity index (χ2n) is 4.21. The number of nitrogens with one attached hydrogen (secondary N) is 1. The number of terminal acetylenes is 1. The first-order valence-electron chi connectivity index (χ1n) is 5.47. The molecule has 0 spiro atoms. The van der Waals surface area contributed by atoms with Gasteiger partial charge in [0.25, 0.3) is 0 Å². The van der Waals surface area contributed by atoms with Crippen LogP contribution in [-0.4, -0.2) is 44.2 Å². The zero-order valence-electron chi connectivity index (χ0n) is 9.92. The third-order valence-electron chi connectivity index (χ3n) is 3.02. The molecule has 1 saturated heterocycles. The number of H-pyrrole nitrogens is 1. The maximum Gasteiger partial charge on any atom is 0.243 e. The van der Waals surface area contributed by atoms with E-state index in [0.29, 0.717) is 0 Å². The molecule has 1 aliphatic rings. The van der Waals surface area contributed by atoms with Crippen LogP contribution in [-0.2, 0) is 4.74 Å². The molecule has 0 saturated carbocycles. The number of halogens is 2. The lowest BCUT2D eigenvalue weighted by Gasteiger charge is -2.24. The molecule has 0 bridgehead atoms. The molecule has 1 aliphatic heterocycles. The highest BCUT2D eigenvalue weighted by Crippen LogP contribution is 2.41. The Morgan fingerprint density at radius 3 is 2.80 bits per heavy atom. The van der Waals surface area contributed by atoms with E-state index in [1.807, 2.05) is 0 Å². The third-order valence-corrected chi connectivity index (χ3v) is 3.63. The van der Waals surface area contributed by atoms with E-state index in [1.54, 1.807) is 5.92 Å². The molecule has 0 aromatic carbocycles. The maximum absolute atomic E-state index is 14.7. The van der Waals surface area contributed by atoms with Gasteiger partial charge in [-0.05, 0) is 12.2 Å². The van der Waals surface area contributed by atoms with E-state index < -0.39 is 36.5 Å². The molecule has 1 aromatic heterocycles. The SMILES string of the molecule is C#C[C@@]1(F)C(O)[C@@H](CO)O[C@H]1n1cc(F)c(=S)[nH]c1=S. The Morgan fingerprint density at radius 2 is 2.25 bits per heavy atom. The number of aromatic nitrogens is 2. The number of aliphatic hydroxyl groups is 2. The summed E-state index contributed by atoms with van der Waals surface area (Å²) in [6, 6.07) is 0. The van der Waals surface area contributed by atoms with Crippen molar-refractivity contribution in [3.63, 3.8) is 0 Å². The smallest absolute Gasteiger partial charge is 0.243 e. The first kappa shape index (κ1) is 15.2. The van der Waals surface area contributed by atoms with E-state index in [0.717, 1.165) is 10.8 Å². The number of hydrogen-bond donors (Lipinski definition) is 3. The minimum atomic E-state index is -2.66. The van der Waals surface area contributed by atoms with E-state index in [2.05, 4.69) is 17.2 Å². The first-order valence-corrected chi connectivity index (χ1v) is 6.28. The van der Waals surface area contributed by atoms with E-state index in [1.165, 1.54) is 0 Å². The zero-order chi connectivity index (χ0) is 15.1. The van der Waals surface area contributed by atoms with Crippen molar-refractivity contribution in [2.75, 3.05) is 6.61 Å². The average molecular weight is 320 g/mol. The van der Waals surface area contributed by atoms with Crippen LogP contribution in [0.15, 0.2) is 6.20 Å². The molecule has 1 fully saturated rings.